The fourth-order valence-electron chi connectivity index (χ4n) is 8.00. The van der Waals surface area contributed by atoms with Crippen LogP contribution in [0, 0.1) is 0 Å². The Morgan fingerprint density at radius 1 is 0.455 bits per heavy atom. The number of rotatable bonds is 28. The monoisotopic (exact) mass is 994 g/mol. The summed E-state index contributed by atoms with van der Waals surface area (Å²) in [5.74, 6) is -1.03. The van der Waals surface area contributed by atoms with Crippen molar-refractivity contribution in [3.63, 3.8) is 0 Å². The van der Waals surface area contributed by atoms with Gasteiger partial charge in [0.2, 0.25) is 11.6 Å². The van der Waals surface area contributed by atoms with Crippen LogP contribution >= 0.6 is 30.4 Å². The van der Waals surface area contributed by atoms with Gasteiger partial charge in [0, 0.05) is 24.0 Å². The summed E-state index contributed by atoms with van der Waals surface area (Å²) in [7, 11) is -18.5. The lowest BCUT2D eigenvalue weighted by molar-refractivity contribution is 0.105. The third-order valence-corrected chi connectivity index (χ3v) is 23.3. The first-order chi connectivity index (χ1) is 31.6. The quantitative estimate of drug-likeness (QED) is 0.0489. The molecule has 0 fully saturated rings. The number of hydrogen-bond acceptors (Lipinski definition) is 18. The van der Waals surface area contributed by atoms with Crippen LogP contribution in [0.5, 0.6) is 0 Å². The summed E-state index contributed by atoms with van der Waals surface area (Å²) < 4.78 is 109. The molecule has 0 amide bonds. The second-order valence-electron chi connectivity index (χ2n) is 14.7. The number of nitrogens with zero attached hydrogens (tertiary/aromatic N) is 4. The molecule has 362 valence electrons. The molecule has 0 radical (unpaired) electrons. The average Bonchev–Trinajstić information content (AvgIpc) is 3.89. The summed E-state index contributed by atoms with van der Waals surface area (Å²) >= 11 is 0. The Kier molecular flexibility index (Phi) is 18.8. The van der Waals surface area contributed by atoms with E-state index in [-0.39, 0.29) is 88.5 Å². The van der Waals surface area contributed by atoms with Gasteiger partial charge >= 0.3 is 30.4 Å². The number of carbonyl (C=O) groups excluding carboxylic acids is 2. The van der Waals surface area contributed by atoms with Gasteiger partial charge in [0.15, 0.2) is 0 Å². The summed E-state index contributed by atoms with van der Waals surface area (Å²) in [6, 6.07) is 23.6. The molecule has 5 rings (SSSR count). The van der Waals surface area contributed by atoms with Crippen molar-refractivity contribution < 1.29 is 64.0 Å². The minimum Gasteiger partial charge on any atom is -0.307 e. The minimum atomic E-state index is -4.63. The van der Waals surface area contributed by atoms with Crippen LogP contribution in [-0.4, -0.2) is 95.9 Å². The SMILES string of the molecule is CCOP(=O)(OCC)C1(P(=O)(OCC)OCC)CC(C(=O)c2ccccc2)=NN1Cc1cccc(CN2N=C(C(=O)c3ccccc3)CC2(P(=O)(OCC)OCC)P(=O)(OCC)OCC)c1. The van der Waals surface area contributed by atoms with Crippen LogP contribution in [0.4, 0.5) is 0 Å². The Hall–Kier alpha value is -3.46. The van der Waals surface area contributed by atoms with Crippen LogP contribution in [-0.2, 0) is 67.5 Å². The minimum absolute atomic E-state index is 0.0892. The first-order valence-corrected chi connectivity index (χ1v) is 28.3. The number of benzene rings is 3. The van der Waals surface area contributed by atoms with Crippen molar-refractivity contribution in [2.24, 2.45) is 10.2 Å². The van der Waals surface area contributed by atoms with Gasteiger partial charge in [-0.25, -0.2) is 0 Å². The van der Waals surface area contributed by atoms with Gasteiger partial charge in [-0.15, -0.1) is 0 Å². The average molecular weight is 995 g/mol. The van der Waals surface area contributed by atoms with Crippen LogP contribution in [0.3, 0.4) is 0 Å². The molecule has 0 aliphatic carbocycles. The maximum Gasteiger partial charge on any atom is 0.370 e. The van der Waals surface area contributed by atoms with Gasteiger partial charge in [-0.2, -0.15) is 10.2 Å². The first-order valence-electron chi connectivity index (χ1n) is 22.2. The lowest BCUT2D eigenvalue weighted by atomic mass is 10.1. The molecule has 22 heteroatoms. The Bertz CT molecular complexity index is 2140. The van der Waals surface area contributed by atoms with Crippen LogP contribution < -0.4 is 0 Å². The summed E-state index contributed by atoms with van der Waals surface area (Å²) in [5.41, 5.74) is 1.33. The van der Waals surface area contributed by atoms with Gasteiger partial charge in [-0.3, -0.25) is 37.9 Å². The van der Waals surface area contributed by atoms with Crippen LogP contribution in [0.25, 0.3) is 0 Å². The summed E-state index contributed by atoms with van der Waals surface area (Å²) in [6.07, 6.45) is -0.987. The van der Waals surface area contributed by atoms with E-state index in [4.69, 9.17) is 46.4 Å². The zero-order valence-electron chi connectivity index (χ0n) is 38.9. The fourth-order valence-corrected chi connectivity index (χ4v) is 19.4. The van der Waals surface area contributed by atoms with E-state index in [0.717, 1.165) is 0 Å². The number of Topliss-reactive ketones (excluding diaryl/α,β-unsaturated/α-hetero) is 2. The van der Waals surface area contributed by atoms with Gasteiger partial charge in [0.1, 0.15) is 11.4 Å². The molecule has 3 aromatic rings. The van der Waals surface area contributed by atoms with Gasteiger partial charge in [-0.05, 0) is 66.5 Å². The first kappa shape index (κ1) is 53.5. The molecule has 0 saturated carbocycles. The zero-order chi connectivity index (χ0) is 48.2. The Labute approximate surface area is 387 Å². The second-order valence-corrected chi connectivity index (χ2v) is 24.4. The number of hydrazone groups is 2. The molecular weight excluding hydrogens is 932 g/mol. The van der Waals surface area contributed by atoms with E-state index in [1.54, 1.807) is 140 Å². The normalized spacial score (nSPS) is 16.4. The van der Waals surface area contributed by atoms with Crippen molar-refractivity contribution in [1.82, 2.24) is 10.0 Å². The molecule has 0 saturated heterocycles. The van der Waals surface area contributed by atoms with Gasteiger partial charge in [0.05, 0.1) is 65.9 Å². The van der Waals surface area contributed by atoms with E-state index in [9.17, 15) is 9.59 Å². The van der Waals surface area contributed by atoms with Gasteiger partial charge in [0.25, 0.3) is 10.0 Å². The number of ketones is 2. The van der Waals surface area contributed by atoms with E-state index in [1.165, 1.54) is 10.0 Å². The molecule has 18 nitrogen and oxygen atoms in total. The topological polar surface area (TPSA) is 207 Å². The van der Waals surface area contributed by atoms with Crippen molar-refractivity contribution in [2.75, 3.05) is 52.9 Å². The van der Waals surface area contributed by atoms with E-state index >= 15 is 18.3 Å². The second kappa shape index (κ2) is 23.2. The van der Waals surface area contributed by atoms with E-state index in [1.807, 2.05) is 0 Å². The molecule has 0 unspecified atom stereocenters. The lowest BCUT2D eigenvalue weighted by Gasteiger charge is -2.44. The van der Waals surface area contributed by atoms with Crippen LogP contribution in [0.2, 0.25) is 0 Å². The van der Waals surface area contributed by atoms with E-state index in [2.05, 4.69) is 0 Å². The van der Waals surface area contributed by atoms with Gasteiger partial charge in [-0.1, -0.05) is 84.9 Å². The molecule has 0 bridgehead atoms. The third kappa shape index (κ3) is 10.3. The van der Waals surface area contributed by atoms with Crippen molar-refractivity contribution in [3.8, 4) is 0 Å². The molecule has 0 atom stereocenters. The smallest absolute Gasteiger partial charge is 0.307 e. The number of carbonyl (C=O) groups is 2. The molecule has 66 heavy (non-hydrogen) atoms. The highest BCUT2D eigenvalue weighted by molar-refractivity contribution is 7.74. The molecule has 2 aliphatic rings. The van der Waals surface area contributed by atoms with Crippen molar-refractivity contribution in [2.45, 2.75) is 91.4 Å². The highest BCUT2D eigenvalue weighted by Gasteiger charge is 2.73. The molecule has 2 heterocycles. The maximum absolute atomic E-state index is 15.4. The van der Waals surface area contributed by atoms with Crippen LogP contribution in [0.15, 0.2) is 95.1 Å². The largest absolute Gasteiger partial charge is 0.370 e. The maximum atomic E-state index is 15.4. The highest BCUT2D eigenvalue weighted by Crippen LogP contribution is 2.83. The van der Waals surface area contributed by atoms with Crippen molar-refractivity contribution in [3.05, 3.63) is 107 Å². The Morgan fingerprint density at radius 2 is 0.727 bits per heavy atom. The van der Waals surface area contributed by atoms with Crippen molar-refractivity contribution >= 4 is 53.4 Å². The molecule has 2 aliphatic heterocycles. The Morgan fingerprint density at radius 3 is 0.985 bits per heavy atom. The molecule has 0 aromatic heterocycles. The number of hydrogen-bond donors (Lipinski definition) is 0. The summed E-state index contributed by atoms with van der Waals surface area (Å²) in [6.45, 7) is 11.3. The predicted molar refractivity (Wildman–Crippen MR) is 252 cm³/mol. The molecular formula is C44H62N4O14P4. The zero-order valence-corrected chi connectivity index (χ0v) is 42.4. The van der Waals surface area contributed by atoms with Crippen molar-refractivity contribution in [1.29, 1.82) is 0 Å². The lowest BCUT2D eigenvalue weighted by Crippen LogP contribution is -2.45. The molecule has 3 aromatic carbocycles. The third-order valence-electron chi connectivity index (χ3n) is 10.5. The summed E-state index contributed by atoms with van der Waals surface area (Å²) in [5, 5.41) is 7.45. The molecule has 0 spiro atoms. The summed E-state index contributed by atoms with van der Waals surface area (Å²) in [4.78, 5) is 28.4. The van der Waals surface area contributed by atoms with E-state index in [0.29, 0.717) is 11.1 Å². The Balaban J connectivity index is 1.73. The van der Waals surface area contributed by atoms with Gasteiger partial charge < -0.3 is 36.2 Å². The molecule has 0 N–H and O–H groups in total. The predicted octanol–water partition coefficient (Wildman–Crippen LogP) is 10.9. The highest BCUT2D eigenvalue weighted by atomic mass is 31.2. The standard InChI is InChI=1S/C44H62N4O14P4/c1-9-55-63(51,56-10-2)43(64(52,57-11-3)58-12-4)31-39(41(49)37-26-19-17-20-27-37)45-47(43)33-35-24-23-25-36(30-35)34-48-44(65(53,59-13-5)60-14-6,66(54,61-15-7)62-16-8)32-40(46-48)42(50)38-28-21-18-22-29-38/h17-30H,9-16,31-34H2,1-8H3. The van der Waals surface area contributed by atoms with E-state index < -0.39 is 64.8 Å². The van der Waals surface area contributed by atoms with Crippen LogP contribution in [0.1, 0.15) is 100 Å². The fraction of sp³-hybridized carbons (Fsp3) is 0.500.